The quantitative estimate of drug-likeness (QED) is 0.655. The van der Waals surface area contributed by atoms with Gasteiger partial charge in [0.2, 0.25) is 5.91 Å². The molecule has 0 unspecified atom stereocenters. The molecule has 3 rings (SSSR count). The number of rotatable bonds is 6. The maximum absolute atomic E-state index is 11.9. The second kappa shape index (κ2) is 7.01. The van der Waals surface area contributed by atoms with Gasteiger partial charge in [-0.15, -0.1) is 0 Å². The Morgan fingerprint density at radius 3 is 2.70 bits per heavy atom. The Bertz CT molecular complexity index is 790. The molecule has 0 saturated heterocycles. The first-order valence-electron chi connectivity index (χ1n) is 7.84. The van der Waals surface area contributed by atoms with Crippen molar-refractivity contribution in [1.82, 2.24) is 10.3 Å². The topological polar surface area (TPSA) is 56.9 Å². The third kappa shape index (κ3) is 3.92. The lowest BCUT2D eigenvalue weighted by Gasteiger charge is -2.08. The summed E-state index contributed by atoms with van der Waals surface area (Å²) in [5.41, 5.74) is 4.53. The molecule has 118 valence electrons. The number of aromatic nitrogens is 1. The van der Waals surface area contributed by atoms with E-state index in [1.165, 1.54) is 16.5 Å². The fourth-order valence-corrected chi connectivity index (χ4v) is 2.59. The van der Waals surface area contributed by atoms with Gasteiger partial charge in [-0.05, 0) is 37.1 Å². The molecule has 4 nitrogen and oxygen atoms in total. The number of anilines is 1. The number of aromatic amines is 1. The zero-order valence-electron chi connectivity index (χ0n) is 13.2. The number of benzene rings is 2. The average Bonchev–Trinajstić information content (AvgIpc) is 2.98. The SMILES string of the molecule is Cc1ccc(NCC(=O)NCCc2c[nH]c3ccccc23)cc1. The molecule has 3 N–H and O–H groups in total. The van der Waals surface area contributed by atoms with Crippen molar-refractivity contribution in [3.8, 4) is 0 Å². The van der Waals surface area contributed by atoms with Gasteiger partial charge in [0.25, 0.3) is 0 Å². The van der Waals surface area contributed by atoms with Crippen LogP contribution in [0, 0.1) is 6.92 Å². The molecule has 3 aromatic rings. The summed E-state index contributed by atoms with van der Waals surface area (Å²) in [6.07, 6.45) is 2.83. The van der Waals surface area contributed by atoms with E-state index in [-0.39, 0.29) is 12.5 Å². The van der Waals surface area contributed by atoms with E-state index >= 15 is 0 Å². The highest BCUT2D eigenvalue weighted by Gasteiger charge is 2.04. The zero-order valence-corrected chi connectivity index (χ0v) is 13.2. The molecule has 0 aliphatic rings. The minimum absolute atomic E-state index is 0.00502. The molecule has 0 radical (unpaired) electrons. The fraction of sp³-hybridized carbons (Fsp3) is 0.211. The molecule has 0 aliphatic carbocycles. The molecule has 1 amide bonds. The number of fused-ring (bicyclic) bond motifs is 1. The lowest BCUT2D eigenvalue weighted by atomic mass is 10.1. The molecule has 0 atom stereocenters. The standard InChI is InChI=1S/C19H21N3O/c1-14-6-8-16(9-7-14)21-13-19(23)20-11-10-15-12-22-18-5-3-2-4-17(15)18/h2-9,12,21-22H,10-11,13H2,1H3,(H,20,23). The van der Waals surface area contributed by atoms with Crippen LogP contribution in [0.25, 0.3) is 10.9 Å². The van der Waals surface area contributed by atoms with Crippen molar-refractivity contribution in [3.05, 3.63) is 65.9 Å². The summed E-state index contributed by atoms with van der Waals surface area (Å²) in [4.78, 5) is 15.1. The predicted octanol–water partition coefficient (Wildman–Crippen LogP) is 3.25. The molecule has 1 heterocycles. The molecule has 0 bridgehead atoms. The van der Waals surface area contributed by atoms with Crippen molar-refractivity contribution < 1.29 is 4.79 Å². The highest BCUT2D eigenvalue weighted by Crippen LogP contribution is 2.17. The van der Waals surface area contributed by atoms with E-state index < -0.39 is 0 Å². The van der Waals surface area contributed by atoms with Crippen molar-refractivity contribution in [1.29, 1.82) is 0 Å². The Hall–Kier alpha value is -2.75. The number of nitrogens with one attached hydrogen (secondary N) is 3. The Morgan fingerprint density at radius 2 is 1.87 bits per heavy atom. The maximum Gasteiger partial charge on any atom is 0.239 e. The Kier molecular flexibility index (Phi) is 4.62. The van der Waals surface area contributed by atoms with Crippen LogP contribution in [0.15, 0.2) is 54.7 Å². The number of hydrogen-bond acceptors (Lipinski definition) is 2. The van der Waals surface area contributed by atoms with Gasteiger partial charge in [-0.1, -0.05) is 35.9 Å². The average molecular weight is 307 g/mol. The second-order valence-corrected chi connectivity index (χ2v) is 5.68. The van der Waals surface area contributed by atoms with Crippen LogP contribution in [0.1, 0.15) is 11.1 Å². The zero-order chi connectivity index (χ0) is 16.1. The lowest BCUT2D eigenvalue weighted by molar-refractivity contribution is -0.119. The van der Waals surface area contributed by atoms with Crippen LogP contribution in [0.4, 0.5) is 5.69 Å². The minimum atomic E-state index is 0.00502. The molecular weight excluding hydrogens is 286 g/mol. The van der Waals surface area contributed by atoms with Crippen LogP contribution in [0.5, 0.6) is 0 Å². The van der Waals surface area contributed by atoms with E-state index in [2.05, 4.69) is 27.8 Å². The van der Waals surface area contributed by atoms with Crippen molar-refractivity contribution in [3.63, 3.8) is 0 Å². The fourth-order valence-electron chi connectivity index (χ4n) is 2.59. The van der Waals surface area contributed by atoms with Crippen molar-refractivity contribution in [2.75, 3.05) is 18.4 Å². The van der Waals surface area contributed by atoms with Gasteiger partial charge in [-0.2, -0.15) is 0 Å². The van der Waals surface area contributed by atoms with Gasteiger partial charge >= 0.3 is 0 Å². The normalized spacial score (nSPS) is 10.7. The van der Waals surface area contributed by atoms with Gasteiger partial charge in [-0.25, -0.2) is 0 Å². The molecule has 2 aromatic carbocycles. The maximum atomic E-state index is 11.9. The van der Waals surface area contributed by atoms with E-state index in [0.717, 1.165) is 17.6 Å². The highest BCUT2D eigenvalue weighted by molar-refractivity contribution is 5.83. The Morgan fingerprint density at radius 1 is 1.09 bits per heavy atom. The summed E-state index contributed by atoms with van der Waals surface area (Å²) in [5.74, 6) is 0.00502. The first-order valence-corrected chi connectivity index (χ1v) is 7.84. The number of carbonyl (C=O) groups is 1. The number of carbonyl (C=O) groups excluding carboxylic acids is 1. The second-order valence-electron chi connectivity index (χ2n) is 5.68. The Balaban J connectivity index is 1.45. The number of hydrogen-bond donors (Lipinski definition) is 3. The number of H-pyrrole nitrogens is 1. The van der Waals surface area contributed by atoms with Crippen LogP contribution < -0.4 is 10.6 Å². The van der Waals surface area contributed by atoms with Crippen LogP contribution in [-0.4, -0.2) is 24.0 Å². The van der Waals surface area contributed by atoms with E-state index in [1.807, 2.05) is 49.5 Å². The monoisotopic (exact) mass is 307 g/mol. The van der Waals surface area contributed by atoms with Crippen LogP contribution in [0.3, 0.4) is 0 Å². The van der Waals surface area contributed by atoms with Crippen LogP contribution in [-0.2, 0) is 11.2 Å². The number of para-hydroxylation sites is 1. The largest absolute Gasteiger partial charge is 0.376 e. The smallest absolute Gasteiger partial charge is 0.239 e. The minimum Gasteiger partial charge on any atom is -0.376 e. The summed E-state index contributed by atoms with van der Waals surface area (Å²) >= 11 is 0. The summed E-state index contributed by atoms with van der Waals surface area (Å²) in [5, 5.41) is 7.30. The molecule has 0 fully saturated rings. The molecule has 23 heavy (non-hydrogen) atoms. The highest BCUT2D eigenvalue weighted by atomic mass is 16.1. The van der Waals surface area contributed by atoms with Crippen molar-refractivity contribution >= 4 is 22.5 Å². The molecular formula is C19H21N3O. The van der Waals surface area contributed by atoms with Gasteiger partial charge < -0.3 is 15.6 Å². The first-order chi connectivity index (χ1) is 11.2. The summed E-state index contributed by atoms with van der Waals surface area (Å²) in [6.45, 7) is 2.97. The number of aryl methyl sites for hydroxylation is 1. The molecule has 4 heteroatoms. The van der Waals surface area contributed by atoms with Gasteiger partial charge in [0.15, 0.2) is 0 Å². The lowest BCUT2D eigenvalue weighted by Crippen LogP contribution is -2.31. The Labute approximate surface area is 135 Å². The molecule has 0 aliphatic heterocycles. The third-order valence-corrected chi connectivity index (χ3v) is 3.90. The van der Waals surface area contributed by atoms with E-state index in [0.29, 0.717) is 6.54 Å². The molecule has 0 saturated carbocycles. The summed E-state index contributed by atoms with van der Waals surface area (Å²) in [6, 6.07) is 16.2. The first kappa shape index (κ1) is 15.2. The van der Waals surface area contributed by atoms with E-state index in [1.54, 1.807) is 0 Å². The van der Waals surface area contributed by atoms with Crippen LogP contribution >= 0.6 is 0 Å². The van der Waals surface area contributed by atoms with E-state index in [4.69, 9.17) is 0 Å². The molecule has 1 aromatic heterocycles. The summed E-state index contributed by atoms with van der Waals surface area (Å²) < 4.78 is 0. The predicted molar refractivity (Wildman–Crippen MR) is 94.7 cm³/mol. The third-order valence-electron chi connectivity index (χ3n) is 3.90. The van der Waals surface area contributed by atoms with Gasteiger partial charge in [0.1, 0.15) is 0 Å². The van der Waals surface area contributed by atoms with Gasteiger partial charge in [0, 0.05) is 29.3 Å². The van der Waals surface area contributed by atoms with Gasteiger partial charge in [0.05, 0.1) is 6.54 Å². The summed E-state index contributed by atoms with van der Waals surface area (Å²) in [7, 11) is 0. The number of amides is 1. The van der Waals surface area contributed by atoms with Crippen molar-refractivity contribution in [2.45, 2.75) is 13.3 Å². The van der Waals surface area contributed by atoms with Crippen LogP contribution in [0.2, 0.25) is 0 Å². The van der Waals surface area contributed by atoms with Crippen molar-refractivity contribution in [2.24, 2.45) is 0 Å². The molecule has 0 spiro atoms. The van der Waals surface area contributed by atoms with Gasteiger partial charge in [-0.3, -0.25) is 4.79 Å². The van der Waals surface area contributed by atoms with E-state index in [9.17, 15) is 4.79 Å².